The van der Waals surface area contributed by atoms with Crippen molar-refractivity contribution in [1.82, 2.24) is 0 Å². The van der Waals surface area contributed by atoms with E-state index in [2.05, 4.69) is 170 Å². The number of ether oxygens (including phenoxy) is 2. The first-order valence-corrected chi connectivity index (χ1v) is 18.2. The van der Waals surface area contributed by atoms with Gasteiger partial charge in [-0.25, -0.2) is 0 Å². The highest BCUT2D eigenvalue weighted by molar-refractivity contribution is 6.98. The minimum atomic E-state index is 0.0429. The van der Waals surface area contributed by atoms with Crippen molar-refractivity contribution in [2.75, 3.05) is 0 Å². The number of benzene rings is 9. The first-order valence-electron chi connectivity index (χ1n) is 18.2. The third-order valence-electron chi connectivity index (χ3n) is 11.0. The molecule has 53 heavy (non-hydrogen) atoms. The molecule has 0 saturated carbocycles. The minimum absolute atomic E-state index is 0.0429. The molecule has 2 nitrogen and oxygen atoms in total. The fourth-order valence-corrected chi connectivity index (χ4v) is 8.68. The first kappa shape index (κ1) is 29.9. The molecule has 11 rings (SSSR count). The zero-order chi connectivity index (χ0) is 34.9. The van der Waals surface area contributed by atoms with Crippen LogP contribution in [0.5, 0.6) is 23.0 Å². The Morgan fingerprint density at radius 3 is 1.51 bits per heavy atom. The Morgan fingerprint density at radius 2 is 0.792 bits per heavy atom. The van der Waals surface area contributed by atoms with E-state index in [0.29, 0.717) is 0 Å². The Hall–Kier alpha value is -6.84. The Balaban J connectivity index is 1.09. The molecular weight excluding hydrogens is 643 g/mol. The summed E-state index contributed by atoms with van der Waals surface area (Å²) in [4.78, 5) is 0. The van der Waals surface area contributed by atoms with Gasteiger partial charge in [0.15, 0.2) is 0 Å². The van der Waals surface area contributed by atoms with Crippen LogP contribution in [0, 0.1) is 0 Å². The van der Waals surface area contributed by atoms with Crippen molar-refractivity contribution >= 4 is 44.6 Å². The molecule has 0 radical (unpaired) electrons. The van der Waals surface area contributed by atoms with E-state index in [-0.39, 0.29) is 6.71 Å². The Morgan fingerprint density at radius 1 is 0.302 bits per heavy atom. The summed E-state index contributed by atoms with van der Waals surface area (Å²) in [6.45, 7) is 0.0429. The quantitative estimate of drug-likeness (QED) is 0.137. The van der Waals surface area contributed by atoms with Crippen molar-refractivity contribution in [3.05, 3.63) is 188 Å². The Labute approximate surface area is 308 Å². The van der Waals surface area contributed by atoms with Crippen LogP contribution in [0.3, 0.4) is 0 Å². The van der Waals surface area contributed by atoms with Crippen LogP contribution in [0.1, 0.15) is 0 Å². The molecule has 0 aromatic heterocycles. The molecule has 0 amide bonds. The normalized spacial score (nSPS) is 12.4. The molecule has 0 atom stereocenters. The standard InChI is InChI=1S/C50H31BO2/c1-2-13-32(14-3-1)33-25-27-34(28-26-33)48-38-17-6-8-19-40(38)49(41-20-9-7-18-39(41)48)37-16-5-4-15-36(37)35-29-30-43-47(31-35)53-46-24-12-23-45-50(46)51(43)42-21-10-11-22-44(42)52-45/h1-31H. The van der Waals surface area contributed by atoms with E-state index in [4.69, 9.17) is 9.47 Å². The van der Waals surface area contributed by atoms with Gasteiger partial charge in [-0.3, -0.25) is 0 Å². The predicted molar refractivity (Wildman–Crippen MR) is 221 cm³/mol. The van der Waals surface area contributed by atoms with Crippen LogP contribution in [0.15, 0.2) is 188 Å². The summed E-state index contributed by atoms with van der Waals surface area (Å²) in [6.07, 6.45) is 0. The first-order chi connectivity index (χ1) is 26.3. The molecule has 0 unspecified atom stereocenters. The summed E-state index contributed by atoms with van der Waals surface area (Å²) in [7, 11) is 0. The molecule has 0 aliphatic carbocycles. The van der Waals surface area contributed by atoms with E-state index in [1.54, 1.807) is 0 Å². The summed E-state index contributed by atoms with van der Waals surface area (Å²) < 4.78 is 13.1. The lowest BCUT2D eigenvalue weighted by molar-refractivity contribution is 0.464. The highest BCUT2D eigenvalue weighted by Crippen LogP contribution is 2.47. The molecule has 0 saturated heterocycles. The van der Waals surface area contributed by atoms with Crippen LogP contribution in [-0.2, 0) is 0 Å². The van der Waals surface area contributed by atoms with Gasteiger partial charge in [-0.2, -0.15) is 0 Å². The molecule has 2 aliphatic heterocycles. The zero-order valence-electron chi connectivity index (χ0n) is 28.8. The van der Waals surface area contributed by atoms with Crippen molar-refractivity contribution in [3.63, 3.8) is 0 Å². The van der Waals surface area contributed by atoms with Crippen molar-refractivity contribution in [3.8, 4) is 67.5 Å². The largest absolute Gasteiger partial charge is 0.458 e. The smallest absolute Gasteiger partial charge is 0.260 e. The van der Waals surface area contributed by atoms with E-state index >= 15 is 0 Å². The molecule has 0 spiro atoms. The third kappa shape index (κ3) is 4.68. The Bertz CT molecular complexity index is 2840. The average molecular weight is 675 g/mol. The average Bonchev–Trinajstić information content (AvgIpc) is 3.23. The molecular formula is C50H31BO2. The summed E-state index contributed by atoms with van der Waals surface area (Å²) in [5.74, 6) is 3.50. The summed E-state index contributed by atoms with van der Waals surface area (Å²) in [6, 6.07) is 67.4. The van der Waals surface area contributed by atoms with E-state index < -0.39 is 0 Å². The lowest BCUT2D eigenvalue weighted by atomic mass is 9.35. The molecule has 0 bridgehead atoms. The number of hydrogen-bond donors (Lipinski definition) is 0. The van der Waals surface area contributed by atoms with E-state index in [1.807, 2.05) is 18.2 Å². The summed E-state index contributed by atoms with van der Waals surface area (Å²) in [5, 5.41) is 4.94. The monoisotopic (exact) mass is 674 g/mol. The number of rotatable bonds is 4. The van der Waals surface area contributed by atoms with Crippen molar-refractivity contribution in [1.29, 1.82) is 0 Å². The molecule has 2 aliphatic rings. The SMILES string of the molecule is c1ccc(-c2ccc(-c3c4ccccc4c(-c4ccccc4-c4ccc5c(c4)Oc4cccc6c4B5c4ccccc4O6)c4ccccc34)cc2)cc1. The van der Waals surface area contributed by atoms with Gasteiger partial charge < -0.3 is 9.47 Å². The third-order valence-corrected chi connectivity index (χ3v) is 11.0. The minimum Gasteiger partial charge on any atom is -0.458 e. The lowest BCUT2D eigenvalue weighted by Gasteiger charge is -2.33. The molecule has 0 fully saturated rings. The van der Waals surface area contributed by atoms with Gasteiger partial charge >= 0.3 is 0 Å². The maximum Gasteiger partial charge on any atom is 0.260 e. The second-order valence-corrected chi connectivity index (χ2v) is 13.9. The van der Waals surface area contributed by atoms with Gasteiger partial charge in [0.05, 0.1) is 0 Å². The van der Waals surface area contributed by atoms with E-state index in [1.165, 1.54) is 60.5 Å². The van der Waals surface area contributed by atoms with Gasteiger partial charge in [-0.1, -0.05) is 164 Å². The van der Waals surface area contributed by atoms with E-state index in [0.717, 1.165) is 44.9 Å². The van der Waals surface area contributed by atoms with Gasteiger partial charge in [-0.05, 0) is 101 Å². The lowest BCUT2D eigenvalue weighted by Crippen LogP contribution is -2.57. The fraction of sp³-hybridized carbons (Fsp3) is 0. The van der Waals surface area contributed by atoms with Crippen molar-refractivity contribution in [2.24, 2.45) is 0 Å². The zero-order valence-corrected chi connectivity index (χ0v) is 28.8. The highest BCUT2D eigenvalue weighted by Gasteiger charge is 2.39. The maximum absolute atomic E-state index is 6.71. The number of hydrogen-bond acceptors (Lipinski definition) is 2. The molecule has 2 heterocycles. The van der Waals surface area contributed by atoms with Crippen LogP contribution in [0.4, 0.5) is 0 Å². The van der Waals surface area contributed by atoms with Gasteiger partial charge in [-0.15, -0.1) is 0 Å². The van der Waals surface area contributed by atoms with Gasteiger partial charge in [0.1, 0.15) is 23.0 Å². The summed E-state index contributed by atoms with van der Waals surface area (Å²) >= 11 is 0. The number of fused-ring (bicyclic) bond motifs is 6. The second-order valence-electron chi connectivity index (χ2n) is 13.9. The molecule has 246 valence electrons. The van der Waals surface area contributed by atoms with E-state index in [9.17, 15) is 0 Å². The van der Waals surface area contributed by atoms with Gasteiger partial charge in [0.25, 0.3) is 6.71 Å². The van der Waals surface area contributed by atoms with Crippen LogP contribution in [0.25, 0.3) is 66.1 Å². The Kier molecular flexibility index (Phi) is 6.68. The van der Waals surface area contributed by atoms with Gasteiger partial charge in [0.2, 0.25) is 0 Å². The molecule has 9 aromatic carbocycles. The highest BCUT2D eigenvalue weighted by atomic mass is 16.5. The second kappa shape index (κ2) is 11.9. The summed E-state index contributed by atoms with van der Waals surface area (Å²) in [5.41, 5.74) is 13.0. The molecule has 3 heteroatoms. The van der Waals surface area contributed by atoms with Crippen LogP contribution < -0.4 is 25.9 Å². The van der Waals surface area contributed by atoms with Crippen LogP contribution in [0.2, 0.25) is 0 Å². The fourth-order valence-electron chi connectivity index (χ4n) is 8.68. The van der Waals surface area contributed by atoms with Gasteiger partial charge in [0, 0.05) is 5.46 Å². The van der Waals surface area contributed by atoms with Crippen molar-refractivity contribution < 1.29 is 9.47 Å². The van der Waals surface area contributed by atoms with Crippen LogP contribution >= 0.6 is 0 Å². The molecule has 9 aromatic rings. The topological polar surface area (TPSA) is 18.5 Å². The maximum atomic E-state index is 6.71. The number of para-hydroxylation sites is 1. The predicted octanol–water partition coefficient (Wildman–Crippen LogP) is 11.4. The molecule has 0 N–H and O–H groups in total. The van der Waals surface area contributed by atoms with Crippen LogP contribution in [-0.4, -0.2) is 6.71 Å². The van der Waals surface area contributed by atoms with Crippen molar-refractivity contribution in [2.45, 2.75) is 0 Å².